The van der Waals surface area contributed by atoms with Crippen molar-refractivity contribution in [3.8, 4) is 0 Å². The zero-order chi connectivity index (χ0) is 14.4. The zero-order valence-corrected chi connectivity index (χ0v) is 11.9. The first-order valence-corrected chi connectivity index (χ1v) is 6.36. The summed E-state index contributed by atoms with van der Waals surface area (Å²) >= 11 is 0. The minimum absolute atomic E-state index is 0.140. The summed E-state index contributed by atoms with van der Waals surface area (Å²) in [6, 6.07) is 0. The summed E-state index contributed by atoms with van der Waals surface area (Å²) in [6.45, 7) is 7.22. The number of rotatable bonds is 7. The lowest BCUT2D eigenvalue weighted by molar-refractivity contribution is -0.128. The molecule has 0 fully saturated rings. The van der Waals surface area contributed by atoms with E-state index >= 15 is 0 Å². The van der Waals surface area contributed by atoms with Gasteiger partial charge in [-0.15, -0.1) is 4.48 Å². The summed E-state index contributed by atoms with van der Waals surface area (Å²) < 4.78 is 12.4. The molecule has 2 amide bonds. The molecule has 1 atom stereocenters. The van der Waals surface area contributed by atoms with Crippen molar-refractivity contribution in [3.05, 3.63) is 0 Å². The van der Waals surface area contributed by atoms with Gasteiger partial charge in [0.25, 0.3) is 0 Å². The van der Waals surface area contributed by atoms with Crippen LogP contribution in [0.15, 0.2) is 0 Å². The van der Waals surface area contributed by atoms with Crippen LogP contribution in [0.5, 0.6) is 0 Å². The maximum absolute atomic E-state index is 12.4. The maximum Gasteiger partial charge on any atom is 0.245 e. The lowest BCUT2D eigenvalue weighted by Crippen LogP contribution is -2.45. The molecule has 0 aromatic carbocycles. The second-order valence-corrected chi connectivity index (χ2v) is 4.78. The van der Waals surface area contributed by atoms with Crippen LogP contribution in [0.25, 0.3) is 0 Å². The largest absolute Gasteiger partial charge is 0.359 e. The molecule has 0 saturated heterocycles. The Hall–Kier alpha value is -1.07. The van der Waals surface area contributed by atoms with Crippen molar-refractivity contribution in [3.63, 3.8) is 0 Å². The summed E-state index contributed by atoms with van der Waals surface area (Å²) in [6.07, 6.45) is 1.57. The Morgan fingerprint density at radius 3 is 1.89 bits per heavy atom. The van der Waals surface area contributed by atoms with Gasteiger partial charge < -0.3 is 5.32 Å². The van der Waals surface area contributed by atoms with Gasteiger partial charge in [0.15, 0.2) is 7.28 Å². The molecule has 4 nitrogen and oxygen atoms in total. The topological polar surface area (TPSA) is 58.2 Å². The average molecular weight is 257 g/mol. The molecule has 1 unspecified atom stereocenters. The molecular weight excluding hydrogens is 234 g/mol. The molecule has 0 aromatic rings. The van der Waals surface area contributed by atoms with Gasteiger partial charge in [-0.25, -0.2) is 0 Å². The highest BCUT2D eigenvalue weighted by atomic mass is 19.2. The standard InChI is InChI=1S/C12H23BFN2O2/c1-6-11(4,9(17)16-14)13-12(7-2,8-3)10(18)15-5/h6-8H2,1-5H3,(H,15,18)(H,16,17). The van der Waals surface area contributed by atoms with Crippen LogP contribution < -0.4 is 10.9 Å². The van der Waals surface area contributed by atoms with Crippen molar-refractivity contribution >= 4 is 19.1 Å². The Morgan fingerprint density at radius 1 is 1.11 bits per heavy atom. The first-order chi connectivity index (χ1) is 8.35. The van der Waals surface area contributed by atoms with Gasteiger partial charge in [0.05, 0.1) is 0 Å². The van der Waals surface area contributed by atoms with Gasteiger partial charge in [0.1, 0.15) is 0 Å². The van der Waals surface area contributed by atoms with Gasteiger partial charge in [-0.2, -0.15) is 5.54 Å². The second-order valence-electron chi connectivity index (χ2n) is 4.78. The van der Waals surface area contributed by atoms with Crippen molar-refractivity contribution in [1.82, 2.24) is 10.9 Å². The van der Waals surface area contributed by atoms with Crippen LogP contribution in [0.3, 0.4) is 0 Å². The third-order valence-corrected chi connectivity index (χ3v) is 3.87. The summed E-state index contributed by atoms with van der Waals surface area (Å²) in [5.74, 6) is -0.848. The van der Waals surface area contributed by atoms with Crippen LogP contribution in [0.4, 0.5) is 4.48 Å². The van der Waals surface area contributed by atoms with E-state index < -0.39 is 16.5 Å². The van der Waals surface area contributed by atoms with Gasteiger partial charge in [-0.05, 0) is 19.3 Å². The van der Waals surface area contributed by atoms with Gasteiger partial charge in [0, 0.05) is 17.7 Å². The fourth-order valence-electron chi connectivity index (χ4n) is 2.14. The van der Waals surface area contributed by atoms with Crippen molar-refractivity contribution in [2.75, 3.05) is 7.05 Å². The van der Waals surface area contributed by atoms with E-state index in [9.17, 15) is 14.1 Å². The van der Waals surface area contributed by atoms with Gasteiger partial charge >= 0.3 is 0 Å². The Labute approximate surface area is 109 Å². The molecule has 18 heavy (non-hydrogen) atoms. The second kappa shape index (κ2) is 6.76. The average Bonchev–Trinajstić information content (AvgIpc) is 2.42. The number of carbonyl (C=O) groups excluding carboxylic acids is 2. The molecule has 0 rings (SSSR count). The SMILES string of the molecule is CCC(C)([B]C(CC)(CC)C(=O)NC)C(=O)NF. The molecule has 1 radical (unpaired) electrons. The predicted octanol–water partition coefficient (Wildman–Crippen LogP) is 2.00. The summed E-state index contributed by atoms with van der Waals surface area (Å²) in [5.41, 5.74) is 1.18. The van der Waals surface area contributed by atoms with E-state index in [-0.39, 0.29) is 5.91 Å². The number of halogens is 1. The number of hydrogen-bond acceptors (Lipinski definition) is 2. The monoisotopic (exact) mass is 257 g/mol. The predicted molar refractivity (Wildman–Crippen MR) is 71.0 cm³/mol. The summed E-state index contributed by atoms with van der Waals surface area (Å²) in [4.78, 5) is 23.7. The molecule has 103 valence electrons. The minimum Gasteiger partial charge on any atom is -0.359 e. The Kier molecular flexibility index (Phi) is 6.36. The van der Waals surface area contributed by atoms with Gasteiger partial charge in [-0.1, -0.05) is 27.7 Å². The molecule has 0 aromatic heterocycles. The third-order valence-electron chi connectivity index (χ3n) is 3.87. The fraction of sp³-hybridized carbons (Fsp3) is 0.833. The van der Waals surface area contributed by atoms with Crippen molar-refractivity contribution < 1.29 is 14.1 Å². The molecule has 0 heterocycles. The first kappa shape index (κ1) is 16.9. The Morgan fingerprint density at radius 2 is 1.61 bits per heavy atom. The number of carbonyl (C=O) groups is 2. The lowest BCUT2D eigenvalue weighted by Gasteiger charge is -2.36. The van der Waals surface area contributed by atoms with E-state index in [0.29, 0.717) is 19.3 Å². The van der Waals surface area contributed by atoms with Crippen LogP contribution in [0.1, 0.15) is 47.0 Å². The van der Waals surface area contributed by atoms with Crippen LogP contribution in [-0.4, -0.2) is 26.1 Å². The lowest BCUT2D eigenvalue weighted by atomic mass is 9.36. The molecule has 0 aliphatic heterocycles. The van der Waals surface area contributed by atoms with Crippen LogP contribution in [-0.2, 0) is 9.59 Å². The van der Waals surface area contributed by atoms with Crippen LogP contribution in [0, 0.1) is 0 Å². The van der Waals surface area contributed by atoms with E-state index in [0.717, 1.165) is 0 Å². The smallest absolute Gasteiger partial charge is 0.245 e. The van der Waals surface area contributed by atoms with E-state index in [2.05, 4.69) is 5.32 Å². The third kappa shape index (κ3) is 3.24. The molecule has 0 saturated carbocycles. The van der Waals surface area contributed by atoms with Crippen molar-refractivity contribution in [1.29, 1.82) is 0 Å². The molecular formula is C12H23BFN2O2. The fourth-order valence-corrected chi connectivity index (χ4v) is 2.14. The molecule has 0 spiro atoms. The quantitative estimate of drug-likeness (QED) is 0.541. The van der Waals surface area contributed by atoms with Gasteiger partial charge in [0.2, 0.25) is 11.8 Å². The Balaban J connectivity index is 5.30. The van der Waals surface area contributed by atoms with Gasteiger partial charge in [-0.3, -0.25) is 9.59 Å². The molecule has 6 heteroatoms. The van der Waals surface area contributed by atoms with E-state index in [1.165, 1.54) is 5.54 Å². The molecule has 0 aliphatic carbocycles. The number of amides is 2. The van der Waals surface area contributed by atoms with E-state index in [1.807, 2.05) is 13.8 Å². The van der Waals surface area contributed by atoms with Crippen LogP contribution >= 0.6 is 0 Å². The summed E-state index contributed by atoms with van der Waals surface area (Å²) in [7, 11) is 3.25. The molecule has 2 N–H and O–H groups in total. The highest BCUT2D eigenvalue weighted by Gasteiger charge is 2.45. The molecule has 0 aliphatic rings. The van der Waals surface area contributed by atoms with E-state index in [1.54, 1.807) is 28.2 Å². The normalized spacial score (nSPS) is 14.6. The summed E-state index contributed by atoms with van der Waals surface area (Å²) in [5, 5.41) is 0.879. The van der Waals surface area contributed by atoms with Crippen molar-refractivity contribution in [2.45, 2.75) is 57.6 Å². The molecule has 0 bridgehead atoms. The highest BCUT2D eigenvalue weighted by Crippen LogP contribution is 2.44. The first-order valence-electron chi connectivity index (χ1n) is 6.36. The minimum atomic E-state index is -0.993. The van der Waals surface area contributed by atoms with E-state index in [4.69, 9.17) is 0 Å². The zero-order valence-electron chi connectivity index (χ0n) is 11.9. The number of hydrogen-bond donors (Lipinski definition) is 2. The van der Waals surface area contributed by atoms with Crippen LogP contribution in [0.2, 0.25) is 10.6 Å². The van der Waals surface area contributed by atoms with Crippen molar-refractivity contribution in [2.24, 2.45) is 0 Å². The maximum atomic E-state index is 12.4. The Bertz CT molecular complexity index is 308. The number of nitrogens with one attached hydrogen (secondary N) is 2. The highest BCUT2D eigenvalue weighted by molar-refractivity contribution is 6.55.